The van der Waals surface area contributed by atoms with Crippen molar-refractivity contribution in [3.63, 3.8) is 0 Å². The highest BCUT2D eigenvalue weighted by Crippen LogP contribution is 2.19. The van der Waals surface area contributed by atoms with Gasteiger partial charge in [-0.05, 0) is 25.1 Å². The summed E-state index contributed by atoms with van der Waals surface area (Å²) >= 11 is 0. The summed E-state index contributed by atoms with van der Waals surface area (Å²) in [5.74, 6) is 1.83. The number of rotatable bonds is 7. The molecule has 0 aliphatic rings. The third kappa shape index (κ3) is 3.73. The molecule has 100 valence electrons. The van der Waals surface area contributed by atoms with E-state index in [1.54, 1.807) is 12.3 Å². The van der Waals surface area contributed by atoms with E-state index in [0.717, 1.165) is 23.6 Å². The van der Waals surface area contributed by atoms with Gasteiger partial charge in [0.05, 0.1) is 12.3 Å². The van der Waals surface area contributed by atoms with Crippen LogP contribution in [0.1, 0.15) is 24.3 Å². The fraction of sp³-hybridized carbons (Fsp3) is 0.250. The third-order valence-electron chi connectivity index (χ3n) is 2.90. The van der Waals surface area contributed by atoms with Crippen LogP contribution in [0, 0.1) is 0 Å². The van der Waals surface area contributed by atoms with Gasteiger partial charge in [0, 0.05) is 12.1 Å². The predicted octanol–water partition coefficient (Wildman–Crippen LogP) is 3.70. The van der Waals surface area contributed by atoms with Crippen molar-refractivity contribution in [3.8, 4) is 5.75 Å². The highest BCUT2D eigenvalue weighted by atomic mass is 16.5. The standard InChI is InChI=1S/C16H19NO2/c1-3-10-18-16-8-5-4-7-14(16)12-17-13(2)15-9-6-11-19-15/h3-9,11,13,17H,1,10,12H2,2H3. The molecule has 3 heteroatoms. The Kier molecular flexibility index (Phi) is 4.81. The topological polar surface area (TPSA) is 34.4 Å². The van der Waals surface area contributed by atoms with Gasteiger partial charge in [0.25, 0.3) is 0 Å². The van der Waals surface area contributed by atoms with Crippen LogP contribution in [0.25, 0.3) is 0 Å². The molecular formula is C16H19NO2. The molecule has 0 spiro atoms. The maximum Gasteiger partial charge on any atom is 0.124 e. The Bertz CT molecular complexity index is 505. The molecule has 0 aliphatic carbocycles. The molecule has 1 N–H and O–H groups in total. The fourth-order valence-electron chi connectivity index (χ4n) is 1.84. The average Bonchev–Trinajstić information content (AvgIpc) is 2.97. The molecular weight excluding hydrogens is 238 g/mol. The quantitative estimate of drug-likeness (QED) is 0.768. The normalized spacial score (nSPS) is 12.1. The molecule has 3 nitrogen and oxygen atoms in total. The second-order valence-electron chi connectivity index (χ2n) is 4.33. The number of ether oxygens (including phenoxy) is 1. The van der Waals surface area contributed by atoms with Crippen molar-refractivity contribution in [2.75, 3.05) is 6.61 Å². The van der Waals surface area contributed by atoms with Gasteiger partial charge in [0.2, 0.25) is 0 Å². The van der Waals surface area contributed by atoms with Gasteiger partial charge in [0.1, 0.15) is 18.1 Å². The monoisotopic (exact) mass is 257 g/mol. The van der Waals surface area contributed by atoms with Crippen molar-refractivity contribution in [1.82, 2.24) is 5.32 Å². The van der Waals surface area contributed by atoms with Crippen LogP contribution in [0.3, 0.4) is 0 Å². The summed E-state index contributed by atoms with van der Waals surface area (Å²) < 4.78 is 11.0. The number of hydrogen-bond donors (Lipinski definition) is 1. The molecule has 0 bridgehead atoms. The van der Waals surface area contributed by atoms with Gasteiger partial charge >= 0.3 is 0 Å². The molecule has 0 saturated carbocycles. The molecule has 0 radical (unpaired) electrons. The minimum atomic E-state index is 0.169. The van der Waals surface area contributed by atoms with E-state index >= 15 is 0 Å². The Labute approximate surface area is 113 Å². The van der Waals surface area contributed by atoms with Crippen molar-refractivity contribution in [1.29, 1.82) is 0 Å². The Morgan fingerprint density at radius 1 is 1.32 bits per heavy atom. The molecule has 0 aliphatic heterocycles. The lowest BCUT2D eigenvalue weighted by Crippen LogP contribution is -2.18. The van der Waals surface area contributed by atoms with E-state index in [0.29, 0.717) is 6.61 Å². The van der Waals surface area contributed by atoms with E-state index in [2.05, 4.69) is 24.9 Å². The molecule has 1 atom stereocenters. The first-order chi connectivity index (χ1) is 9.31. The largest absolute Gasteiger partial charge is 0.489 e. The van der Waals surface area contributed by atoms with Gasteiger partial charge in [-0.3, -0.25) is 0 Å². The van der Waals surface area contributed by atoms with Crippen molar-refractivity contribution >= 4 is 0 Å². The molecule has 0 amide bonds. The number of benzene rings is 1. The second kappa shape index (κ2) is 6.81. The lowest BCUT2D eigenvalue weighted by atomic mass is 10.2. The van der Waals surface area contributed by atoms with Gasteiger partial charge in [-0.15, -0.1) is 0 Å². The van der Waals surface area contributed by atoms with E-state index in [-0.39, 0.29) is 6.04 Å². The molecule has 1 unspecified atom stereocenters. The van der Waals surface area contributed by atoms with E-state index < -0.39 is 0 Å². The minimum Gasteiger partial charge on any atom is -0.489 e. The first kappa shape index (κ1) is 13.4. The lowest BCUT2D eigenvalue weighted by molar-refractivity contribution is 0.355. The average molecular weight is 257 g/mol. The minimum absolute atomic E-state index is 0.169. The van der Waals surface area contributed by atoms with Gasteiger partial charge in [0.15, 0.2) is 0 Å². The summed E-state index contributed by atoms with van der Waals surface area (Å²) in [6.07, 6.45) is 3.43. The smallest absolute Gasteiger partial charge is 0.124 e. The summed E-state index contributed by atoms with van der Waals surface area (Å²) in [4.78, 5) is 0. The molecule has 0 saturated heterocycles. The van der Waals surface area contributed by atoms with Crippen LogP contribution in [0.5, 0.6) is 5.75 Å². The van der Waals surface area contributed by atoms with Crippen molar-refractivity contribution in [3.05, 3.63) is 66.6 Å². The highest BCUT2D eigenvalue weighted by Gasteiger charge is 2.09. The van der Waals surface area contributed by atoms with Crippen LogP contribution in [0.15, 0.2) is 59.7 Å². The number of furan rings is 1. The summed E-state index contributed by atoms with van der Waals surface area (Å²) in [7, 11) is 0. The van der Waals surface area contributed by atoms with Crippen LogP contribution < -0.4 is 10.1 Å². The number of nitrogens with one attached hydrogen (secondary N) is 1. The van der Waals surface area contributed by atoms with Crippen molar-refractivity contribution in [2.45, 2.75) is 19.5 Å². The van der Waals surface area contributed by atoms with Crippen molar-refractivity contribution < 1.29 is 9.15 Å². The maximum absolute atomic E-state index is 5.63. The summed E-state index contributed by atoms with van der Waals surface area (Å²) in [6.45, 7) is 6.99. The Morgan fingerprint density at radius 3 is 2.89 bits per heavy atom. The van der Waals surface area contributed by atoms with Crippen LogP contribution >= 0.6 is 0 Å². The zero-order valence-corrected chi connectivity index (χ0v) is 11.1. The van der Waals surface area contributed by atoms with Crippen LogP contribution in [0.2, 0.25) is 0 Å². The van der Waals surface area contributed by atoms with E-state index in [4.69, 9.17) is 9.15 Å². The zero-order chi connectivity index (χ0) is 13.5. The molecule has 1 aromatic heterocycles. The zero-order valence-electron chi connectivity index (χ0n) is 11.1. The van der Waals surface area contributed by atoms with Crippen LogP contribution in [-0.2, 0) is 6.54 Å². The Balaban J connectivity index is 1.97. The Morgan fingerprint density at radius 2 is 2.16 bits per heavy atom. The molecule has 1 aromatic carbocycles. The first-order valence-electron chi connectivity index (χ1n) is 6.39. The summed E-state index contributed by atoms with van der Waals surface area (Å²) in [6, 6.07) is 12.0. The van der Waals surface area contributed by atoms with Crippen LogP contribution in [-0.4, -0.2) is 6.61 Å². The SMILES string of the molecule is C=CCOc1ccccc1CNC(C)c1ccco1. The van der Waals surface area contributed by atoms with E-state index in [1.807, 2.05) is 30.3 Å². The molecule has 2 rings (SSSR count). The van der Waals surface area contributed by atoms with Gasteiger partial charge in [-0.1, -0.05) is 30.9 Å². The first-order valence-corrected chi connectivity index (χ1v) is 6.39. The van der Waals surface area contributed by atoms with Gasteiger partial charge < -0.3 is 14.5 Å². The summed E-state index contributed by atoms with van der Waals surface area (Å²) in [5, 5.41) is 3.42. The van der Waals surface area contributed by atoms with Crippen molar-refractivity contribution in [2.24, 2.45) is 0 Å². The van der Waals surface area contributed by atoms with Crippen LogP contribution in [0.4, 0.5) is 0 Å². The third-order valence-corrected chi connectivity index (χ3v) is 2.90. The van der Waals surface area contributed by atoms with Gasteiger partial charge in [-0.25, -0.2) is 0 Å². The van der Waals surface area contributed by atoms with Gasteiger partial charge in [-0.2, -0.15) is 0 Å². The number of para-hydroxylation sites is 1. The van der Waals surface area contributed by atoms with E-state index in [1.165, 1.54) is 0 Å². The maximum atomic E-state index is 5.63. The summed E-state index contributed by atoms with van der Waals surface area (Å²) in [5.41, 5.74) is 1.13. The molecule has 0 fully saturated rings. The number of hydrogen-bond acceptors (Lipinski definition) is 3. The second-order valence-corrected chi connectivity index (χ2v) is 4.33. The highest BCUT2D eigenvalue weighted by molar-refractivity contribution is 5.33. The Hall–Kier alpha value is -2.00. The fourth-order valence-corrected chi connectivity index (χ4v) is 1.84. The van der Waals surface area contributed by atoms with E-state index in [9.17, 15) is 0 Å². The lowest BCUT2D eigenvalue weighted by Gasteiger charge is -2.14. The molecule has 19 heavy (non-hydrogen) atoms. The molecule has 2 aromatic rings. The predicted molar refractivity (Wildman–Crippen MR) is 76.1 cm³/mol. The molecule has 1 heterocycles.